The molecule has 0 amide bonds. The molecule has 2 aromatic heterocycles. The fourth-order valence-electron chi connectivity index (χ4n) is 1.98. The molecule has 3 aromatic rings. The fraction of sp³-hybridized carbons (Fsp3) is 0.0667. The summed E-state index contributed by atoms with van der Waals surface area (Å²) in [5, 5.41) is 10.3. The molecule has 21 heavy (non-hydrogen) atoms. The summed E-state index contributed by atoms with van der Waals surface area (Å²) in [5.74, 6) is 0.861. The number of rotatable bonds is 3. The van der Waals surface area contributed by atoms with E-state index in [0.717, 1.165) is 5.39 Å². The molecule has 0 aliphatic heterocycles. The van der Waals surface area contributed by atoms with Crippen molar-refractivity contribution >= 4 is 28.4 Å². The first-order valence-electron chi connectivity index (χ1n) is 6.14. The number of hydrogen-bond donors (Lipinski definition) is 1. The first-order valence-corrected chi connectivity index (χ1v) is 6.52. The highest BCUT2D eigenvalue weighted by Crippen LogP contribution is 2.33. The Kier molecular flexibility index (Phi) is 3.38. The second kappa shape index (κ2) is 5.35. The van der Waals surface area contributed by atoms with E-state index in [-0.39, 0.29) is 12.4 Å². The summed E-state index contributed by atoms with van der Waals surface area (Å²) in [7, 11) is 0. The van der Waals surface area contributed by atoms with Crippen LogP contribution < -0.4 is 10.5 Å². The van der Waals surface area contributed by atoms with E-state index in [9.17, 15) is 0 Å². The van der Waals surface area contributed by atoms with Gasteiger partial charge in [0, 0.05) is 0 Å². The number of anilines is 1. The third kappa shape index (κ3) is 2.49. The fourth-order valence-corrected chi connectivity index (χ4v) is 2.14. The van der Waals surface area contributed by atoms with Gasteiger partial charge in [-0.2, -0.15) is 5.26 Å². The predicted molar refractivity (Wildman–Crippen MR) is 78.9 cm³/mol. The first-order chi connectivity index (χ1) is 10.2. The maximum atomic E-state index is 9.13. The van der Waals surface area contributed by atoms with E-state index < -0.39 is 0 Å². The molecule has 0 aliphatic rings. The SMILES string of the molecule is N#Cc1oc2ccccc2c1OCc1nc(N)ccc1Cl. The number of nitrogens with zero attached hydrogens (tertiary/aromatic N) is 2. The molecule has 0 radical (unpaired) electrons. The van der Waals surface area contributed by atoms with Crippen molar-refractivity contribution in [3.8, 4) is 11.8 Å². The third-order valence-corrected chi connectivity index (χ3v) is 3.29. The lowest BCUT2D eigenvalue weighted by Gasteiger charge is -2.06. The number of nitrogen functional groups attached to an aromatic ring is 1. The van der Waals surface area contributed by atoms with Crippen molar-refractivity contribution in [2.45, 2.75) is 6.61 Å². The number of fused-ring (bicyclic) bond motifs is 1. The highest BCUT2D eigenvalue weighted by molar-refractivity contribution is 6.31. The molecular formula is C15H10ClN3O2. The number of nitrogens with two attached hydrogens (primary N) is 1. The quantitative estimate of drug-likeness (QED) is 0.800. The van der Waals surface area contributed by atoms with Crippen molar-refractivity contribution < 1.29 is 9.15 Å². The Bertz CT molecular complexity index is 852. The molecule has 0 bridgehead atoms. The Morgan fingerprint density at radius 1 is 1.29 bits per heavy atom. The number of ether oxygens (including phenoxy) is 1. The summed E-state index contributed by atoms with van der Waals surface area (Å²) >= 11 is 6.04. The lowest BCUT2D eigenvalue weighted by atomic mass is 10.2. The zero-order valence-corrected chi connectivity index (χ0v) is 11.6. The highest BCUT2D eigenvalue weighted by Gasteiger charge is 2.16. The molecule has 5 nitrogen and oxygen atoms in total. The van der Waals surface area contributed by atoms with Gasteiger partial charge in [0.15, 0.2) is 5.75 Å². The van der Waals surface area contributed by atoms with Gasteiger partial charge in [-0.25, -0.2) is 4.98 Å². The van der Waals surface area contributed by atoms with Gasteiger partial charge in [-0.05, 0) is 24.3 Å². The minimum atomic E-state index is 0.0993. The third-order valence-electron chi connectivity index (χ3n) is 2.94. The molecule has 104 valence electrons. The Hall–Kier alpha value is -2.71. The number of halogens is 1. The molecule has 0 aliphatic carbocycles. The standard InChI is InChI=1S/C15H10ClN3O2/c16-10-5-6-14(18)19-11(10)8-20-15-9-3-1-2-4-12(9)21-13(15)7-17/h1-6H,8H2,(H2,18,19). The molecule has 6 heteroatoms. The van der Waals surface area contributed by atoms with Crippen LogP contribution in [-0.4, -0.2) is 4.98 Å². The normalized spacial score (nSPS) is 10.5. The van der Waals surface area contributed by atoms with E-state index in [0.29, 0.717) is 27.9 Å². The highest BCUT2D eigenvalue weighted by atomic mass is 35.5. The number of aromatic nitrogens is 1. The van der Waals surface area contributed by atoms with Crippen LogP contribution in [0.1, 0.15) is 11.5 Å². The van der Waals surface area contributed by atoms with Gasteiger partial charge in [-0.15, -0.1) is 0 Å². The van der Waals surface area contributed by atoms with Gasteiger partial charge in [0.05, 0.1) is 16.1 Å². The van der Waals surface area contributed by atoms with Gasteiger partial charge in [0.25, 0.3) is 0 Å². The van der Waals surface area contributed by atoms with Crippen molar-refractivity contribution in [2.24, 2.45) is 0 Å². The molecule has 3 rings (SSSR count). The van der Waals surface area contributed by atoms with Gasteiger partial charge < -0.3 is 14.9 Å². The van der Waals surface area contributed by atoms with E-state index in [4.69, 9.17) is 31.8 Å². The van der Waals surface area contributed by atoms with Crippen molar-refractivity contribution in [1.82, 2.24) is 4.98 Å². The number of furan rings is 1. The largest absolute Gasteiger partial charge is 0.482 e. The van der Waals surface area contributed by atoms with E-state index in [1.54, 1.807) is 18.2 Å². The van der Waals surface area contributed by atoms with Gasteiger partial charge in [0.2, 0.25) is 5.76 Å². The molecule has 2 N–H and O–H groups in total. The van der Waals surface area contributed by atoms with Crippen LogP contribution in [0.25, 0.3) is 11.0 Å². The molecule has 0 fully saturated rings. The van der Waals surface area contributed by atoms with Crippen molar-refractivity contribution in [2.75, 3.05) is 5.73 Å². The second-order valence-electron chi connectivity index (χ2n) is 4.32. The minimum Gasteiger partial charge on any atom is -0.482 e. The number of benzene rings is 1. The van der Waals surface area contributed by atoms with Gasteiger partial charge in [-0.3, -0.25) is 0 Å². The van der Waals surface area contributed by atoms with Gasteiger partial charge in [-0.1, -0.05) is 23.7 Å². The van der Waals surface area contributed by atoms with Crippen LogP contribution in [0.15, 0.2) is 40.8 Å². The van der Waals surface area contributed by atoms with Gasteiger partial charge in [0.1, 0.15) is 24.1 Å². The second-order valence-corrected chi connectivity index (χ2v) is 4.73. The first kappa shape index (κ1) is 13.3. The number of para-hydroxylation sites is 1. The minimum absolute atomic E-state index is 0.0993. The molecule has 1 aromatic carbocycles. The average molecular weight is 300 g/mol. The molecule has 0 unspecified atom stereocenters. The molecule has 0 spiro atoms. The Morgan fingerprint density at radius 2 is 2.10 bits per heavy atom. The van der Waals surface area contributed by atoms with Crippen molar-refractivity contribution in [1.29, 1.82) is 5.26 Å². The van der Waals surface area contributed by atoms with Crippen LogP contribution in [0.2, 0.25) is 5.02 Å². The van der Waals surface area contributed by atoms with Crippen LogP contribution in [0.3, 0.4) is 0 Å². The van der Waals surface area contributed by atoms with Crippen molar-refractivity contribution in [3.63, 3.8) is 0 Å². The van der Waals surface area contributed by atoms with Crippen LogP contribution in [0.4, 0.5) is 5.82 Å². The summed E-state index contributed by atoms with van der Waals surface area (Å²) in [6.07, 6.45) is 0. The summed E-state index contributed by atoms with van der Waals surface area (Å²) < 4.78 is 11.1. The smallest absolute Gasteiger partial charge is 0.246 e. The molecular weight excluding hydrogens is 290 g/mol. The molecule has 0 saturated carbocycles. The van der Waals surface area contributed by atoms with Crippen LogP contribution in [0.5, 0.6) is 5.75 Å². The van der Waals surface area contributed by atoms with E-state index in [1.807, 2.05) is 24.3 Å². The summed E-state index contributed by atoms with van der Waals surface area (Å²) in [4.78, 5) is 4.12. The summed E-state index contributed by atoms with van der Waals surface area (Å²) in [6, 6.07) is 12.5. The Labute approximate surface area is 125 Å². The summed E-state index contributed by atoms with van der Waals surface area (Å²) in [5.41, 5.74) is 6.73. The molecule has 0 atom stereocenters. The van der Waals surface area contributed by atoms with Crippen LogP contribution in [0, 0.1) is 11.3 Å². The molecule has 0 saturated heterocycles. The lowest BCUT2D eigenvalue weighted by Crippen LogP contribution is -2.02. The van der Waals surface area contributed by atoms with E-state index in [2.05, 4.69) is 4.98 Å². The summed E-state index contributed by atoms with van der Waals surface area (Å²) in [6.45, 7) is 0.0993. The Balaban J connectivity index is 1.95. The zero-order chi connectivity index (χ0) is 14.8. The lowest BCUT2D eigenvalue weighted by molar-refractivity contribution is 0.299. The Morgan fingerprint density at radius 3 is 2.90 bits per heavy atom. The topological polar surface area (TPSA) is 85.1 Å². The van der Waals surface area contributed by atoms with Gasteiger partial charge >= 0.3 is 0 Å². The number of hydrogen-bond acceptors (Lipinski definition) is 5. The zero-order valence-electron chi connectivity index (χ0n) is 10.8. The predicted octanol–water partition coefficient (Wildman–Crippen LogP) is 3.51. The number of pyridine rings is 1. The maximum Gasteiger partial charge on any atom is 0.246 e. The average Bonchev–Trinajstić information content (AvgIpc) is 2.86. The van der Waals surface area contributed by atoms with Crippen molar-refractivity contribution in [3.05, 3.63) is 52.9 Å². The molecule has 2 heterocycles. The van der Waals surface area contributed by atoms with Crippen LogP contribution >= 0.6 is 11.6 Å². The number of nitriles is 1. The van der Waals surface area contributed by atoms with E-state index >= 15 is 0 Å². The van der Waals surface area contributed by atoms with Crippen LogP contribution in [-0.2, 0) is 6.61 Å². The monoisotopic (exact) mass is 299 g/mol. The maximum absolute atomic E-state index is 9.13. The van der Waals surface area contributed by atoms with E-state index in [1.165, 1.54) is 0 Å².